The fraction of sp³-hybridized carbons (Fsp3) is 0.458. The van der Waals surface area contributed by atoms with Crippen LogP contribution in [0, 0.1) is 0 Å². The highest BCUT2D eigenvalue weighted by molar-refractivity contribution is 7.09. The molecule has 2 heterocycles. The summed E-state index contributed by atoms with van der Waals surface area (Å²) in [5, 5.41) is 17.6. The number of nitrogens with zero attached hydrogens (tertiary/aromatic N) is 5. The topological polar surface area (TPSA) is 111 Å². The van der Waals surface area contributed by atoms with Gasteiger partial charge in [0.15, 0.2) is 11.5 Å². The van der Waals surface area contributed by atoms with Crippen molar-refractivity contribution in [2.24, 2.45) is 0 Å². The van der Waals surface area contributed by atoms with Gasteiger partial charge in [-0.25, -0.2) is 0 Å². The third-order valence-electron chi connectivity index (χ3n) is 6.15. The summed E-state index contributed by atoms with van der Waals surface area (Å²) in [5.41, 5.74) is 0.682. The zero-order chi connectivity index (χ0) is 24.8. The fourth-order valence-corrected chi connectivity index (χ4v) is 4.86. The minimum atomic E-state index is -0.626. The second-order valence-electron chi connectivity index (χ2n) is 8.48. The first-order chi connectivity index (χ1) is 17.0. The van der Waals surface area contributed by atoms with Crippen molar-refractivity contribution in [1.82, 2.24) is 30.4 Å². The lowest BCUT2D eigenvalue weighted by Crippen LogP contribution is -2.50. The lowest BCUT2D eigenvalue weighted by molar-refractivity contribution is -0.141. The summed E-state index contributed by atoms with van der Waals surface area (Å²) >= 11 is 1.55. The average molecular weight is 499 g/mol. The first-order valence-corrected chi connectivity index (χ1v) is 12.5. The molecule has 11 heteroatoms. The summed E-state index contributed by atoms with van der Waals surface area (Å²) in [5.74, 6) is 1.09. The van der Waals surface area contributed by atoms with Crippen LogP contribution in [0.15, 0.2) is 35.7 Å². The molecule has 0 bridgehead atoms. The third-order valence-corrected chi connectivity index (χ3v) is 7.01. The van der Waals surface area contributed by atoms with Crippen LogP contribution in [0.1, 0.15) is 37.5 Å². The van der Waals surface area contributed by atoms with Crippen molar-refractivity contribution in [2.45, 2.75) is 57.8 Å². The second kappa shape index (κ2) is 11.3. The molecule has 1 aromatic carbocycles. The van der Waals surface area contributed by atoms with Crippen LogP contribution in [-0.2, 0) is 22.7 Å². The largest absolute Gasteiger partial charge is 0.493 e. The van der Waals surface area contributed by atoms with Gasteiger partial charge in [-0.3, -0.25) is 9.59 Å². The number of hydrogen-bond acceptors (Lipinski definition) is 8. The Labute approximate surface area is 208 Å². The van der Waals surface area contributed by atoms with Crippen molar-refractivity contribution in [3.63, 3.8) is 0 Å². The number of aromatic nitrogens is 4. The molecule has 2 amide bonds. The predicted molar refractivity (Wildman–Crippen MR) is 131 cm³/mol. The summed E-state index contributed by atoms with van der Waals surface area (Å²) in [4.78, 5) is 30.1. The number of hydrogen-bond donors (Lipinski definition) is 1. The number of amides is 2. The second-order valence-corrected chi connectivity index (χ2v) is 9.51. The Balaban J connectivity index is 1.48. The smallest absolute Gasteiger partial charge is 0.247 e. The summed E-state index contributed by atoms with van der Waals surface area (Å²) in [6.45, 7) is 1.97. The van der Waals surface area contributed by atoms with Crippen molar-refractivity contribution in [3.05, 3.63) is 40.6 Å². The standard InChI is InChI=1S/C24H30N6O4S/c1-16(24(32)25-18-7-4-5-8-18)29(14-19-9-6-12-35-19)22(31)15-30-27-23(26-28-30)17-10-11-20(33-2)21(13-17)34-3/h6,9-13,16,18H,4-5,7-8,14-15H2,1-3H3,(H,25,32)/t16-/m1/s1. The summed E-state index contributed by atoms with van der Waals surface area (Å²) in [6, 6.07) is 8.75. The van der Waals surface area contributed by atoms with Gasteiger partial charge >= 0.3 is 0 Å². The van der Waals surface area contributed by atoms with E-state index >= 15 is 0 Å². The molecule has 10 nitrogen and oxygen atoms in total. The quantitative estimate of drug-likeness (QED) is 0.457. The molecule has 186 valence electrons. The molecule has 1 fully saturated rings. The minimum absolute atomic E-state index is 0.132. The number of nitrogens with one attached hydrogen (secondary N) is 1. The summed E-state index contributed by atoms with van der Waals surface area (Å²) in [7, 11) is 3.12. The molecule has 1 aliphatic carbocycles. The van der Waals surface area contributed by atoms with Gasteiger partial charge in [0.2, 0.25) is 17.6 Å². The van der Waals surface area contributed by atoms with Gasteiger partial charge < -0.3 is 19.7 Å². The van der Waals surface area contributed by atoms with Crippen molar-refractivity contribution in [1.29, 1.82) is 0 Å². The lowest BCUT2D eigenvalue weighted by Gasteiger charge is -2.29. The van der Waals surface area contributed by atoms with E-state index in [0.717, 1.165) is 30.6 Å². The van der Waals surface area contributed by atoms with E-state index in [0.29, 0.717) is 29.4 Å². The Bertz CT molecular complexity index is 1140. The molecule has 3 aromatic rings. The van der Waals surface area contributed by atoms with Gasteiger partial charge in [-0.1, -0.05) is 18.9 Å². The number of benzene rings is 1. The van der Waals surface area contributed by atoms with E-state index in [9.17, 15) is 9.59 Å². The van der Waals surface area contributed by atoms with E-state index in [1.54, 1.807) is 55.6 Å². The van der Waals surface area contributed by atoms with Crippen LogP contribution in [0.4, 0.5) is 0 Å². The van der Waals surface area contributed by atoms with Crippen LogP contribution in [0.2, 0.25) is 0 Å². The highest BCUT2D eigenvalue weighted by Gasteiger charge is 2.29. The van der Waals surface area contributed by atoms with Gasteiger partial charge in [0.1, 0.15) is 12.6 Å². The Morgan fingerprint density at radius 1 is 1.20 bits per heavy atom. The van der Waals surface area contributed by atoms with E-state index in [1.165, 1.54) is 4.80 Å². The van der Waals surface area contributed by atoms with Crippen LogP contribution in [0.3, 0.4) is 0 Å². The maximum atomic E-state index is 13.3. The Hall–Kier alpha value is -3.47. The van der Waals surface area contributed by atoms with E-state index in [-0.39, 0.29) is 24.4 Å². The molecule has 0 saturated heterocycles. The summed E-state index contributed by atoms with van der Waals surface area (Å²) in [6.07, 6.45) is 4.22. The number of rotatable bonds is 10. The van der Waals surface area contributed by atoms with Gasteiger partial charge in [0.25, 0.3) is 0 Å². The van der Waals surface area contributed by atoms with Crippen LogP contribution >= 0.6 is 11.3 Å². The lowest BCUT2D eigenvalue weighted by atomic mass is 10.2. The molecular formula is C24H30N6O4S. The number of carbonyl (C=O) groups excluding carboxylic acids is 2. The maximum absolute atomic E-state index is 13.3. The van der Waals surface area contributed by atoms with E-state index in [2.05, 4.69) is 20.7 Å². The van der Waals surface area contributed by atoms with Gasteiger partial charge in [0, 0.05) is 16.5 Å². The maximum Gasteiger partial charge on any atom is 0.247 e. The van der Waals surface area contributed by atoms with Crippen molar-refractivity contribution >= 4 is 23.2 Å². The molecular weight excluding hydrogens is 468 g/mol. The SMILES string of the molecule is COc1ccc(-c2nnn(CC(=O)N(Cc3cccs3)[C@H](C)C(=O)NC3CCCC3)n2)cc1OC. The molecule has 2 aromatic heterocycles. The molecule has 1 saturated carbocycles. The van der Waals surface area contributed by atoms with Gasteiger partial charge in [-0.15, -0.1) is 21.5 Å². The first kappa shape index (κ1) is 24.6. The summed E-state index contributed by atoms with van der Waals surface area (Å²) < 4.78 is 10.6. The van der Waals surface area contributed by atoms with Crippen molar-refractivity contribution < 1.29 is 19.1 Å². The van der Waals surface area contributed by atoms with Crippen LogP contribution in [0.25, 0.3) is 11.4 Å². The number of carbonyl (C=O) groups is 2. The molecule has 1 aliphatic rings. The van der Waals surface area contributed by atoms with E-state index in [4.69, 9.17) is 9.47 Å². The minimum Gasteiger partial charge on any atom is -0.493 e. The van der Waals surface area contributed by atoms with Gasteiger partial charge in [-0.2, -0.15) is 4.80 Å². The number of tetrazole rings is 1. The Kier molecular flexibility index (Phi) is 7.96. The number of ether oxygens (including phenoxy) is 2. The van der Waals surface area contributed by atoms with Gasteiger partial charge in [0.05, 0.1) is 20.8 Å². The van der Waals surface area contributed by atoms with E-state index < -0.39 is 6.04 Å². The van der Waals surface area contributed by atoms with Crippen LogP contribution < -0.4 is 14.8 Å². The molecule has 4 rings (SSSR count). The average Bonchev–Trinajstić information content (AvgIpc) is 3.65. The van der Waals surface area contributed by atoms with Crippen LogP contribution in [-0.4, -0.2) is 63.2 Å². The van der Waals surface area contributed by atoms with Crippen LogP contribution in [0.5, 0.6) is 11.5 Å². The normalized spacial score (nSPS) is 14.5. The molecule has 35 heavy (non-hydrogen) atoms. The zero-order valence-corrected chi connectivity index (χ0v) is 21.0. The zero-order valence-electron chi connectivity index (χ0n) is 20.1. The molecule has 1 N–H and O–H groups in total. The predicted octanol–water partition coefficient (Wildman–Crippen LogP) is 2.89. The van der Waals surface area contributed by atoms with Crippen molar-refractivity contribution in [2.75, 3.05) is 14.2 Å². The number of thiophene rings is 1. The molecule has 1 atom stereocenters. The Morgan fingerprint density at radius 3 is 2.66 bits per heavy atom. The Morgan fingerprint density at radius 2 is 1.97 bits per heavy atom. The highest BCUT2D eigenvalue weighted by atomic mass is 32.1. The first-order valence-electron chi connectivity index (χ1n) is 11.6. The van der Waals surface area contributed by atoms with Gasteiger partial charge in [-0.05, 0) is 54.6 Å². The van der Waals surface area contributed by atoms with E-state index in [1.807, 2.05) is 17.5 Å². The highest BCUT2D eigenvalue weighted by Crippen LogP contribution is 2.30. The monoisotopic (exact) mass is 498 g/mol. The molecule has 0 radical (unpaired) electrons. The molecule has 0 unspecified atom stereocenters. The fourth-order valence-electron chi connectivity index (χ4n) is 4.16. The molecule has 0 spiro atoms. The molecule has 0 aliphatic heterocycles. The third kappa shape index (κ3) is 5.97. The number of methoxy groups -OCH3 is 2. The van der Waals surface area contributed by atoms with Crippen molar-refractivity contribution in [3.8, 4) is 22.9 Å².